The molecular weight excluding hydrogens is 434 g/mol. The van der Waals surface area contributed by atoms with Crippen LogP contribution >= 0.6 is 0 Å². The predicted octanol–water partition coefficient (Wildman–Crippen LogP) is 6.81. The second-order valence-electron chi connectivity index (χ2n) is 12.2. The van der Waals surface area contributed by atoms with Crippen LogP contribution < -0.4 is 0 Å². The van der Waals surface area contributed by atoms with Gasteiger partial charge in [0.05, 0.1) is 12.2 Å². The maximum atomic E-state index is 13.0. The number of carbonyl (C=O) groups is 1. The van der Waals surface area contributed by atoms with E-state index in [2.05, 4.69) is 67.7 Å². The third-order valence-corrected chi connectivity index (χ3v) is 16.4. The maximum Gasteiger partial charge on any atom is 0.410 e. The van der Waals surface area contributed by atoms with Gasteiger partial charge in [0.1, 0.15) is 6.61 Å². The van der Waals surface area contributed by atoms with Crippen LogP contribution in [0, 0.1) is 0 Å². The molecule has 1 fully saturated rings. The van der Waals surface area contributed by atoms with Crippen molar-refractivity contribution in [3.05, 3.63) is 35.9 Å². The fourth-order valence-electron chi connectivity index (χ4n) is 3.33. The number of nitrogens with zero attached hydrogens (tertiary/aromatic N) is 1. The van der Waals surface area contributed by atoms with E-state index >= 15 is 0 Å². The molecule has 0 spiro atoms. The first kappa shape index (κ1) is 27.1. The molecule has 0 N–H and O–H groups in total. The van der Waals surface area contributed by atoms with Crippen molar-refractivity contribution in [1.29, 1.82) is 0 Å². The minimum absolute atomic E-state index is 0.0383. The quantitative estimate of drug-likeness (QED) is 0.420. The lowest BCUT2D eigenvalue weighted by Gasteiger charge is -2.46. The second-order valence-corrected chi connectivity index (χ2v) is 21.7. The lowest BCUT2D eigenvalue weighted by atomic mass is 10.1. The fraction of sp³-hybridized carbons (Fsp3) is 0.720. The zero-order valence-corrected chi connectivity index (χ0v) is 24.0. The Bertz CT molecular complexity index is 717. The van der Waals surface area contributed by atoms with Crippen molar-refractivity contribution in [2.75, 3.05) is 13.1 Å². The molecule has 0 aliphatic carbocycles. The van der Waals surface area contributed by atoms with Gasteiger partial charge in [-0.15, -0.1) is 0 Å². The van der Waals surface area contributed by atoms with Crippen LogP contribution in [0.2, 0.25) is 36.3 Å². The topological polar surface area (TPSA) is 48.0 Å². The zero-order valence-electron chi connectivity index (χ0n) is 22.0. The van der Waals surface area contributed by atoms with Crippen LogP contribution in [0.3, 0.4) is 0 Å². The van der Waals surface area contributed by atoms with Crippen molar-refractivity contribution in [2.45, 2.75) is 103 Å². The number of amides is 1. The highest BCUT2D eigenvalue weighted by atomic mass is 28.4. The summed E-state index contributed by atoms with van der Waals surface area (Å²) in [6, 6.07) is 9.81. The summed E-state index contributed by atoms with van der Waals surface area (Å²) in [7, 11) is -3.95. The van der Waals surface area contributed by atoms with Crippen LogP contribution in [-0.4, -0.2) is 52.9 Å². The normalized spacial score (nSPS) is 20.9. The average Bonchev–Trinajstić information content (AvgIpc) is 2.64. The number of benzene rings is 1. The minimum atomic E-state index is -1.98. The molecule has 1 heterocycles. The van der Waals surface area contributed by atoms with E-state index in [4.69, 9.17) is 13.6 Å². The number of carbonyl (C=O) groups excluding carboxylic acids is 1. The van der Waals surface area contributed by atoms with Gasteiger partial charge >= 0.3 is 6.09 Å². The Kier molecular flexibility index (Phi) is 8.46. The van der Waals surface area contributed by atoms with Gasteiger partial charge in [0.15, 0.2) is 16.6 Å². The molecule has 0 radical (unpaired) electrons. The molecule has 1 aromatic rings. The minimum Gasteiger partial charge on any atom is -0.445 e. The molecule has 2 rings (SSSR count). The highest BCUT2D eigenvalue weighted by molar-refractivity contribution is 6.74. The van der Waals surface area contributed by atoms with Crippen molar-refractivity contribution < 1.29 is 18.4 Å². The van der Waals surface area contributed by atoms with Gasteiger partial charge in [-0.25, -0.2) is 4.79 Å². The molecule has 7 heteroatoms. The third-order valence-electron chi connectivity index (χ3n) is 7.37. The summed E-state index contributed by atoms with van der Waals surface area (Å²) in [5.74, 6) is 0. The lowest BCUT2D eigenvalue weighted by Crippen LogP contribution is -2.56. The van der Waals surface area contributed by atoms with Gasteiger partial charge in [-0.3, -0.25) is 0 Å². The van der Waals surface area contributed by atoms with Crippen molar-refractivity contribution in [1.82, 2.24) is 4.90 Å². The van der Waals surface area contributed by atoms with E-state index in [1.807, 2.05) is 30.3 Å². The molecule has 0 aromatic heterocycles. The van der Waals surface area contributed by atoms with Crippen molar-refractivity contribution in [3.63, 3.8) is 0 Å². The summed E-state index contributed by atoms with van der Waals surface area (Å²) >= 11 is 0. The molecule has 182 valence electrons. The van der Waals surface area contributed by atoms with Crippen molar-refractivity contribution in [3.8, 4) is 0 Å². The van der Waals surface area contributed by atoms with Crippen molar-refractivity contribution >= 4 is 22.7 Å². The van der Waals surface area contributed by atoms with Crippen molar-refractivity contribution in [2.24, 2.45) is 0 Å². The van der Waals surface area contributed by atoms with Gasteiger partial charge in [0.25, 0.3) is 0 Å². The highest BCUT2D eigenvalue weighted by Crippen LogP contribution is 2.40. The smallest absolute Gasteiger partial charge is 0.410 e. The monoisotopic (exact) mass is 479 g/mol. The average molecular weight is 480 g/mol. The number of piperidine rings is 1. The Morgan fingerprint density at radius 2 is 1.31 bits per heavy atom. The highest BCUT2D eigenvalue weighted by Gasteiger charge is 2.45. The standard InChI is InChI=1S/C25H45NO4Si2/c1-24(2,3)31(7,8)29-21-16-22(30-32(9,10)25(4,5)6)18-26(17-21)23(27)28-19-20-14-12-11-13-15-20/h11-15,21-22H,16-19H2,1-10H3/t21-,22-/m1/s1. The molecule has 1 saturated heterocycles. The molecule has 0 saturated carbocycles. The Morgan fingerprint density at radius 3 is 1.72 bits per heavy atom. The van der Waals surface area contributed by atoms with Crippen LogP contribution in [0.25, 0.3) is 0 Å². The first-order valence-corrected chi connectivity index (χ1v) is 17.6. The number of hydrogen-bond donors (Lipinski definition) is 0. The molecule has 1 aliphatic rings. The van der Waals surface area contributed by atoms with E-state index in [0.717, 1.165) is 12.0 Å². The molecule has 2 atom stereocenters. The van der Waals surface area contributed by atoms with Crippen LogP contribution in [0.15, 0.2) is 30.3 Å². The van der Waals surface area contributed by atoms with Gasteiger partial charge in [-0.1, -0.05) is 71.9 Å². The number of hydrogen-bond acceptors (Lipinski definition) is 4. The SMILES string of the molecule is CC(C)(C)[Si](C)(C)O[C@@H]1C[C@@H](O[Si](C)(C)C(C)(C)C)CN(C(=O)OCc2ccccc2)C1. The Hall–Kier alpha value is -1.16. The predicted molar refractivity (Wildman–Crippen MR) is 137 cm³/mol. The van der Waals surface area contributed by atoms with E-state index in [9.17, 15) is 4.79 Å². The Morgan fingerprint density at radius 1 is 0.875 bits per heavy atom. The Labute approximate surface area is 198 Å². The van der Waals surface area contributed by atoms with E-state index < -0.39 is 16.6 Å². The van der Waals surface area contributed by atoms with E-state index in [1.54, 1.807) is 4.90 Å². The van der Waals surface area contributed by atoms with Crippen LogP contribution in [0.4, 0.5) is 4.79 Å². The first-order chi connectivity index (χ1) is 14.5. The number of rotatable bonds is 6. The summed E-state index contributed by atoms with van der Waals surface area (Å²) in [6.07, 6.45) is 0.454. The first-order valence-electron chi connectivity index (χ1n) is 11.8. The summed E-state index contributed by atoms with van der Waals surface area (Å²) < 4.78 is 19.1. The summed E-state index contributed by atoms with van der Waals surface area (Å²) in [5.41, 5.74) is 0.987. The molecule has 5 nitrogen and oxygen atoms in total. The third kappa shape index (κ3) is 7.17. The molecule has 1 aliphatic heterocycles. The zero-order chi connectivity index (χ0) is 24.4. The maximum absolute atomic E-state index is 13.0. The second kappa shape index (κ2) is 9.99. The summed E-state index contributed by atoms with van der Waals surface area (Å²) in [4.78, 5) is 14.8. The van der Waals surface area contributed by atoms with Gasteiger partial charge in [0.2, 0.25) is 0 Å². The van der Waals surface area contributed by atoms with Crippen LogP contribution in [-0.2, 0) is 20.2 Å². The Balaban J connectivity index is 2.16. The summed E-state index contributed by atoms with van der Waals surface area (Å²) in [6.45, 7) is 23.9. The van der Waals surface area contributed by atoms with Crippen LogP contribution in [0.5, 0.6) is 0 Å². The van der Waals surface area contributed by atoms with Gasteiger partial charge < -0.3 is 18.5 Å². The largest absolute Gasteiger partial charge is 0.445 e. The molecule has 1 aromatic carbocycles. The molecular formula is C25H45NO4Si2. The van der Waals surface area contributed by atoms with Gasteiger partial charge in [-0.2, -0.15) is 0 Å². The number of ether oxygens (including phenoxy) is 1. The number of likely N-dealkylation sites (tertiary alicyclic amines) is 1. The van der Waals surface area contributed by atoms with Crippen LogP contribution in [0.1, 0.15) is 53.5 Å². The van der Waals surface area contributed by atoms with E-state index in [1.165, 1.54) is 0 Å². The molecule has 32 heavy (non-hydrogen) atoms. The van der Waals surface area contributed by atoms with Gasteiger partial charge in [0, 0.05) is 19.5 Å². The molecule has 0 bridgehead atoms. The summed E-state index contributed by atoms with van der Waals surface area (Å²) in [5, 5.41) is 0.220. The molecule has 0 unspecified atom stereocenters. The van der Waals surface area contributed by atoms with Gasteiger partial charge in [-0.05, 0) is 41.8 Å². The fourth-order valence-corrected chi connectivity index (χ4v) is 6.04. The molecule has 1 amide bonds. The van der Waals surface area contributed by atoms with E-state index in [-0.39, 0.29) is 35.0 Å². The lowest BCUT2D eigenvalue weighted by molar-refractivity contribution is -0.00168. The van der Waals surface area contributed by atoms with E-state index in [0.29, 0.717) is 13.1 Å².